The number of hydrogen-bond acceptors (Lipinski definition) is 3. The Morgan fingerprint density at radius 3 is 2.23 bits per heavy atom. The number of imide groups is 1. The second-order valence-corrected chi connectivity index (χ2v) is 6.82. The van der Waals surface area contributed by atoms with Gasteiger partial charge in [0.05, 0.1) is 13.7 Å². The number of carbonyl (C=O) groups is 2. The van der Waals surface area contributed by atoms with E-state index in [1.54, 1.807) is 49.6 Å². The molecule has 0 aromatic heterocycles. The van der Waals surface area contributed by atoms with Crippen LogP contribution in [0.25, 0.3) is 0 Å². The third-order valence-electron chi connectivity index (χ3n) is 4.67. The number of hydrogen-bond donors (Lipinski definition) is 1. The van der Waals surface area contributed by atoms with Crippen LogP contribution in [0.4, 0.5) is 4.79 Å². The summed E-state index contributed by atoms with van der Waals surface area (Å²) in [6, 6.07) is 11.7. The summed E-state index contributed by atoms with van der Waals surface area (Å²) in [4.78, 5) is 26.9. The number of halogens is 2. The number of nitrogens with one attached hydrogen (secondary N) is 1. The first-order chi connectivity index (χ1) is 12.4. The Kier molecular flexibility index (Phi) is 5.12. The molecule has 0 radical (unpaired) electrons. The first-order valence-electron chi connectivity index (χ1n) is 8.14. The average molecular weight is 393 g/mol. The lowest BCUT2D eigenvalue weighted by Gasteiger charge is -2.26. The van der Waals surface area contributed by atoms with Gasteiger partial charge in [0.2, 0.25) is 0 Å². The first kappa shape index (κ1) is 18.5. The molecule has 0 spiro atoms. The SMILES string of the molecule is CC[C@@]1(c2ccc(OC)cc2)NC(=O)N(Cc2c(Cl)cccc2Cl)C1=O. The smallest absolute Gasteiger partial charge is 0.325 e. The Bertz CT molecular complexity index is 834. The van der Waals surface area contributed by atoms with Crippen LogP contribution in [0.5, 0.6) is 5.75 Å². The Morgan fingerprint density at radius 2 is 1.69 bits per heavy atom. The minimum atomic E-state index is -1.11. The molecule has 1 aliphatic rings. The highest BCUT2D eigenvalue weighted by atomic mass is 35.5. The summed E-state index contributed by atoms with van der Waals surface area (Å²) < 4.78 is 5.16. The summed E-state index contributed by atoms with van der Waals surface area (Å²) in [6.45, 7) is 1.87. The van der Waals surface area contributed by atoms with E-state index in [1.807, 2.05) is 6.92 Å². The highest BCUT2D eigenvalue weighted by Crippen LogP contribution is 2.35. The van der Waals surface area contributed by atoms with E-state index in [4.69, 9.17) is 27.9 Å². The lowest BCUT2D eigenvalue weighted by molar-refractivity contribution is -0.132. The molecule has 7 heteroatoms. The molecule has 0 bridgehead atoms. The minimum absolute atomic E-state index is 0.0150. The molecule has 0 unspecified atom stereocenters. The number of nitrogens with zero attached hydrogens (tertiary/aromatic N) is 1. The summed E-state index contributed by atoms with van der Waals surface area (Å²) >= 11 is 12.4. The van der Waals surface area contributed by atoms with Crippen LogP contribution in [-0.2, 0) is 16.9 Å². The summed E-state index contributed by atoms with van der Waals surface area (Å²) in [5, 5.41) is 3.67. The van der Waals surface area contributed by atoms with Crippen molar-refractivity contribution in [2.24, 2.45) is 0 Å². The minimum Gasteiger partial charge on any atom is -0.497 e. The molecular weight excluding hydrogens is 375 g/mol. The monoisotopic (exact) mass is 392 g/mol. The molecule has 1 atom stereocenters. The van der Waals surface area contributed by atoms with Crippen molar-refractivity contribution in [2.45, 2.75) is 25.4 Å². The predicted octanol–water partition coefficient (Wildman–Crippen LogP) is 4.36. The van der Waals surface area contributed by atoms with Gasteiger partial charge in [0, 0.05) is 15.6 Å². The van der Waals surface area contributed by atoms with Gasteiger partial charge >= 0.3 is 6.03 Å². The molecule has 1 N–H and O–H groups in total. The van der Waals surface area contributed by atoms with Crippen molar-refractivity contribution in [3.8, 4) is 5.75 Å². The van der Waals surface area contributed by atoms with Crippen molar-refractivity contribution in [3.05, 3.63) is 63.6 Å². The maximum absolute atomic E-state index is 13.2. The van der Waals surface area contributed by atoms with Gasteiger partial charge in [0.1, 0.15) is 11.3 Å². The summed E-state index contributed by atoms with van der Waals surface area (Å²) in [7, 11) is 1.57. The van der Waals surface area contributed by atoms with Gasteiger partial charge in [0.25, 0.3) is 5.91 Å². The summed E-state index contributed by atoms with van der Waals surface area (Å²) in [5.41, 5.74) is 0.129. The van der Waals surface area contributed by atoms with Crippen LogP contribution < -0.4 is 10.1 Å². The maximum Gasteiger partial charge on any atom is 0.325 e. The van der Waals surface area contributed by atoms with E-state index in [-0.39, 0.29) is 12.5 Å². The number of benzene rings is 2. The van der Waals surface area contributed by atoms with Gasteiger partial charge in [-0.25, -0.2) is 4.79 Å². The molecule has 1 heterocycles. The zero-order chi connectivity index (χ0) is 18.9. The van der Waals surface area contributed by atoms with Gasteiger partial charge in [-0.3, -0.25) is 9.69 Å². The van der Waals surface area contributed by atoms with Gasteiger partial charge in [-0.05, 0) is 36.2 Å². The number of amides is 3. The Morgan fingerprint density at radius 1 is 1.08 bits per heavy atom. The van der Waals surface area contributed by atoms with Crippen molar-refractivity contribution in [1.29, 1.82) is 0 Å². The van der Waals surface area contributed by atoms with Gasteiger partial charge in [0.15, 0.2) is 0 Å². The van der Waals surface area contributed by atoms with Crippen molar-refractivity contribution >= 4 is 35.1 Å². The largest absolute Gasteiger partial charge is 0.497 e. The molecular formula is C19H18Cl2N2O3. The summed E-state index contributed by atoms with van der Waals surface area (Å²) in [5.74, 6) is 0.350. The van der Waals surface area contributed by atoms with Gasteiger partial charge in [-0.15, -0.1) is 0 Å². The van der Waals surface area contributed by atoms with E-state index < -0.39 is 11.6 Å². The first-order valence-corrected chi connectivity index (χ1v) is 8.90. The van der Waals surface area contributed by atoms with Crippen molar-refractivity contribution in [1.82, 2.24) is 10.2 Å². The van der Waals surface area contributed by atoms with E-state index in [2.05, 4.69) is 5.32 Å². The fourth-order valence-corrected chi connectivity index (χ4v) is 3.64. The third-order valence-corrected chi connectivity index (χ3v) is 5.37. The normalized spacial score (nSPS) is 19.6. The molecule has 3 rings (SSSR count). The lowest BCUT2D eigenvalue weighted by atomic mass is 9.87. The molecule has 2 aromatic rings. The Balaban J connectivity index is 1.95. The van der Waals surface area contributed by atoms with Crippen molar-refractivity contribution in [2.75, 3.05) is 7.11 Å². The average Bonchev–Trinajstić information content (AvgIpc) is 2.89. The Hall–Kier alpha value is -2.24. The Labute approximate surface area is 161 Å². The number of ether oxygens (including phenoxy) is 1. The van der Waals surface area contributed by atoms with E-state index in [0.717, 1.165) is 4.90 Å². The number of urea groups is 1. The second-order valence-electron chi connectivity index (χ2n) is 6.01. The lowest BCUT2D eigenvalue weighted by Crippen LogP contribution is -2.43. The molecule has 2 aromatic carbocycles. The molecule has 1 fully saturated rings. The van der Waals surface area contributed by atoms with Crippen LogP contribution in [0, 0.1) is 0 Å². The molecule has 5 nitrogen and oxygen atoms in total. The third kappa shape index (κ3) is 3.02. The zero-order valence-corrected chi connectivity index (χ0v) is 15.9. The number of carbonyl (C=O) groups excluding carboxylic acids is 2. The van der Waals surface area contributed by atoms with Gasteiger partial charge < -0.3 is 10.1 Å². The molecule has 1 aliphatic heterocycles. The van der Waals surface area contributed by atoms with Crippen LogP contribution in [0.2, 0.25) is 10.0 Å². The van der Waals surface area contributed by atoms with Crippen LogP contribution in [0.15, 0.2) is 42.5 Å². The molecule has 0 aliphatic carbocycles. The standard InChI is InChI=1S/C19H18Cl2N2O3/c1-3-19(12-7-9-13(26-2)10-8-12)17(24)23(18(25)22-19)11-14-15(20)5-4-6-16(14)21/h4-10H,3,11H2,1-2H3,(H,22,25)/t19-/m0/s1. The second kappa shape index (κ2) is 7.17. The van der Waals surface area contributed by atoms with Crippen LogP contribution in [-0.4, -0.2) is 23.9 Å². The van der Waals surface area contributed by atoms with Gasteiger partial charge in [-0.1, -0.05) is 48.3 Å². The van der Waals surface area contributed by atoms with Crippen molar-refractivity contribution in [3.63, 3.8) is 0 Å². The highest BCUT2D eigenvalue weighted by molar-refractivity contribution is 6.36. The van der Waals surface area contributed by atoms with Crippen LogP contribution in [0.3, 0.4) is 0 Å². The maximum atomic E-state index is 13.2. The van der Waals surface area contributed by atoms with E-state index in [0.29, 0.717) is 33.3 Å². The molecule has 1 saturated heterocycles. The van der Waals surface area contributed by atoms with E-state index >= 15 is 0 Å². The molecule has 0 saturated carbocycles. The molecule has 136 valence electrons. The summed E-state index contributed by atoms with van der Waals surface area (Å²) in [6.07, 6.45) is 0.413. The number of rotatable bonds is 5. The van der Waals surface area contributed by atoms with Crippen LogP contribution in [0.1, 0.15) is 24.5 Å². The quantitative estimate of drug-likeness (QED) is 0.768. The predicted molar refractivity (Wildman–Crippen MR) is 101 cm³/mol. The fourth-order valence-electron chi connectivity index (χ4n) is 3.13. The van der Waals surface area contributed by atoms with Crippen LogP contribution >= 0.6 is 23.2 Å². The van der Waals surface area contributed by atoms with E-state index in [9.17, 15) is 9.59 Å². The molecule has 26 heavy (non-hydrogen) atoms. The molecule has 3 amide bonds. The van der Waals surface area contributed by atoms with Gasteiger partial charge in [-0.2, -0.15) is 0 Å². The fraction of sp³-hybridized carbons (Fsp3) is 0.263. The zero-order valence-electron chi connectivity index (χ0n) is 14.4. The number of methoxy groups -OCH3 is 1. The topological polar surface area (TPSA) is 58.6 Å². The van der Waals surface area contributed by atoms with E-state index in [1.165, 1.54) is 0 Å². The van der Waals surface area contributed by atoms with Crippen molar-refractivity contribution < 1.29 is 14.3 Å². The highest BCUT2D eigenvalue weighted by Gasteiger charge is 2.51.